The summed E-state index contributed by atoms with van der Waals surface area (Å²) in [7, 11) is 0. The molecule has 0 bridgehead atoms. The molecule has 114 valence electrons. The van der Waals surface area contributed by atoms with E-state index in [1.807, 2.05) is 6.07 Å². The minimum absolute atomic E-state index is 0.365. The zero-order valence-electron chi connectivity index (χ0n) is 12.8. The molecule has 1 aromatic carbocycles. The van der Waals surface area contributed by atoms with Gasteiger partial charge in [-0.1, -0.05) is 17.3 Å². The summed E-state index contributed by atoms with van der Waals surface area (Å²) in [5.41, 5.74) is 3.31. The van der Waals surface area contributed by atoms with E-state index in [1.165, 1.54) is 17.8 Å². The van der Waals surface area contributed by atoms with Gasteiger partial charge in [0.1, 0.15) is 12.1 Å². The summed E-state index contributed by atoms with van der Waals surface area (Å²) in [6.07, 6.45) is 4.00. The van der Waals surface area contributed by atoms with Crippen molar-refractivity contribution < 1.29 is 4.52 Å². The summed E-state index contributed by atoms with van der Waals surface area (Å²) < 4.78 is 7.31. The van der Waals surface area contributed by atoms with Gasteiger partial charge in [-0.3, -0.25) is 4.90 Å². The van der Waals surface area contributed by atoms with E-state index in [0.29, 0.717) is 6.04 Å². The average Bonchev–Trinajstić information content (AvgIpc) is 3.26. The van der Waals surface area contributed by atoms with Gasteiger partial charge in [-0.25, -0.2) is 4.98 Å². The van der Waals surface area contributed by atoms with Gasteiger partial charge in [-0.2, -0.15) is 0 Å². The molecule has 22 heavy (non-hydrogen) atoms. The fraction of sp³-hybridized carbons (Fsp3) is 0.412. The molecule has 3 aromatic rings. The maximum atomic E-state index is 4.96. The number of imidazole rings is 1. The second-order valence-corrected chi connectivity index (χ2v) is 5.82. The molecule has 0 saturated carbocycles. The Morgan fingerprint density at radius 2 is 2.18 bits per heavy atom. The Hall–Kier alpha value is -2.14. The summed E-state index contributed by atoms with van der Waals surface area (Å²) in [6, 6.07) is 10.7. The van der Waals surface area contributed by atoms with Crippen LogP contribution < -0.4 is 0 Å². The molecule has 0 spiro atoms. The topological polar surface area (TPSA) is 47.1 Å². The third kappa shape index (κ3) is 2.22. The van der Waals surface area contributed by atoms with E-state index in [9.17, 15) is 0 Å². The fourth-order valence-electron chi connectivity index (χ4n) is 3.52. The first-order valence-electron chi connectivity index (χ1n) is 7.95. The molecule has 1 saturated heterocycles. The second-order valence-electron chi connectivity index (χ2n) is 5.82. The summed E-state index contributed by atoms with van der Waals surface area (Å²) in [5.74, 6) is 1.18. The number of aryl methyl sites for hydroxylation is 1. The molecule has 0 N–H and O–H groups in total. The van der Waals surface area contributed by atoms with Gasteiger partial charge in [0.15, 0.2) is 0 Å². The molecule has 4 rings (SSSR count). The second kappa shape index (κ2) is 5.57. The molecule has 1 fully saturated rings. The van der Waals surface area contributed by atoms with Crippen molar-refractivity contribution >= 4 is 11.0 Å². The third-order valence-corrected chi connectivity index (χ3v) is 4.52. The van der Waals surface area contributed by atoms with Crippen LogP contribution >= 0.6 is 0 Å². The van der Waals surface area contributed by atoms with Crippen LogP contribution in [0.5, 0.6) is 0 Å². The number of nitrogens with zero attached hydrogens (tertiary/aromatic N) is 4. The SMILES string of the molecule is CCn1c([C@H]2CCCN2Cc2ccon2)nc2ccccc21. The first-order chi connectivity index (χ1) is 10.9. The highest BCUT2D eigenvalue weighted by Crippen LogP contribution is 2.34. The van der Waals surface area contributed by atoms with E-state index in [4.69, 9.17) is 9.51 Å². The van der Waals surface area contributed by atoms with Crippen LogP contribution in [0, 0.1) is 0 Å². The van der Waals surface area contributed by atoms with E-state index in [1.54, 1.807) is 6.26 Å². The lowest BCUT2D eigenvalue weighted by atomic mass is 10.2. The third-order valence-electron chi connectivity index (χ3n) is 4.52. The number of benzene rings is 1. The zero-order valence-corrected chi connectivity index (χ0v) is 12.8. The highest BCUT2D eigenvalue weighted by molar-refractivity contribution is 5.76. The molecule has 0 amide bonds. The van der Waals surface area contributed by atoms with Crippen LogP contribution in [0.4, 0.5) is 0 Å². The average molecular weight is 296 g/mol. The van der Waals surface area contributed by atoms with E-state index in [-0.39, 0.29) is 0 Å². The van der Waals surface area contributed by atoms with Gasteiger partial charge < -0.3 is 9.09 Å². The lowest BCUT2D eigenvalue weighted by molar-refractivity contribution is 0.228. The van der Waals surface area contributed by atoms with Crippen molar-refractivity contribution in [1.29, 1.82) is 0 Å². The first kappa shape index (κ1) is 13.5. The molecule has 0 radical (unpaired) electrons. The molecule has 3 heterocycles. The summed E-state index contributed by atoms with van der Waals surface area (Å²) in [6.45, 7) is 5.05. The molecule has 5 heteroatoms. The minimum Gasteiger partial charge on any atom is -0.364 e. The molecule has 1 atom stereocenters. The fourth-order valence-corrected chi connectivity index (χ4v) is 3.52. The van der Waals surface area contributed by atoms with E-state index >= 15 is 0 Å². The molecule has 5 nitrogen and oxygen atoms in total. The quantitative estimate of drug-likeness (QED) is 0.740. The predicted octanol–water partition coefficient (Wildman–Crippen LogP) is 3.38. The van der Waals surface area contributed by atoms with Crippen molar-refractivity contribution in [2.45, 2.75) is 38.9 Å². The van der Waals surface area contributed by atoms with Gasteiger partial charge >= 0.3 is 0 Å². The van der Waals surface area contributed by atoms with Crippen LogP contribution in [0.25, 0.3) is 11.0 Å². The standard InChI is InChI=1S/C17H20N4O/c1-2-21-15-7-4-3-6-14(15)18-17(21)16-8-5-10-20(16)12-13-9-11-22-19-13/h3-4,6-7,9,11,16H,2,5,8,10,12H2,1H3/t16-/m1/s1. The Labute approximate surface area is 129 Å². The number of likely N-dealkylation sites (tertiary alicyclic amines) is 1. The van der Waals surface area contributed by atoms with Crippen molar-refractivity contribution in [1.82, 2.24) is 19.6 Å². The van der Waals surface area contributed by atoms with Crippen LogP contribution in [0.3, 0.4) is 0 Å². The molecule has 0 unspecified atom stereocenters. The van der Waals surface area contributed by atoms with Gasteiger partial charge in [0, 0.05) is 19.2 Å². The normalized spacial score (nSPS) is 19.2. The van der Waals surface area contributed by atoms with Crippen LogP contribution in [0.15, 0.2) is 41.1 Å². The van der Waals surface area contributed by atoms with Crippen LogP contribution in [-0.4, -0.2) is 26.2 Å². The summed E-state index contributed by atoms with van der Waals surface area (Å²) in [4.78, 5) is 7.39. The van der Waals surface area contributed by atoms with Crippen LogP contribution in [0.2, 0.25) is 0 Å². The zero-order chi connectivity index (χ0) is 14.9. The summed E-state index contributed by atoms with van der Waals surface area (Å²) >= 11 is 0. The molecular weight excluding hydrogens is 276 g/mol. The Kier molecular flexibility index (Phi) is 3.42. The van der Waals surface area contributed by atoms with E-state index < -0.39 is 0 Å². The first-order valence-corrected chi connectivity index (χ1v) is 7.95. The van der Waals surface area contributed by atoms with Crippen LogP contribution in [0.1, 0.15) is 37.3 Å². The van der Waals surface area contributed by atoms with Crippen molar-refractivity contribution in [3.05, 3.63) is 48.1 Å². The number of hydrogen-bond acceptors (Lipinski definition) is 4. The molecule has 0 aliphatic carbocycles. The highest BCUT2D eigenvalue weighted by Gasteiger charge is 2.30. The van der Waals surface area contributed by atoms with Gasteiger partial charge in [0.25, 0.3) is 0 Å². The van der Waals surface area contributed by atoms with Gasteiger partial charge in [-0.05, 0) is 38.4 Å². The van der Waals surface area contributed by atoms with E-state index in [0.717, 1.165) is 37.3 Å². The van der Waals surface area contributed by atoms with Crippen molar-refractivity contribution in [2.75, 3.05) is 6.54 Å². The number of fused-ring (bicyclic) bond motifs is 1. The van der Waals surface area contributed by atoms with E-state index in [2.05, 4.69) is 45.8 Å². The highest BCUT2D eigenvalue weighted by atomic mass is 16.5. The summed E-state index contributed by atoms with van der Waals surface area (Å²) in [5, 5.41) is 4.05. The Morgan fingerprint density at radius 1 is 1.27 bits per heavy atom. The Morgan fingerprint density at radius 3 is 3.00 bits per heavy atom. The monoisotopic (exact) mass is 296 g/mol. The van der Waals surface area contributed by atoms with Crippen molar-refractivity contribution in [3.63, 3.8) is 0 Å². The Bertz CT molecular complexity index is 762. The molecule has 1 aliphatic heterocycles. The maximum Gasteiger partial charge on any atom is 0.127 e. The number of rotatable bonds is 4. The van der Waals surface area contributed by atoms with Gasteiger partial charge in [0.05, 0.1) is 22.8 Å². The van der Waals surface area contributed by atoms with Gasteiger partial charge in [0.2, 0.25) is 0 Å². The molecule has 2 aromatic heterocycles. The lowest BCUT2D eigenvalue weighted by Gasteiger charge is -2.23. The largest absolute Gasteiger partial charge is 0.364 e. The minimum atomic E-state index is 0.365. The van der Waals surface area contributed by atoms with Gasteiger partial charge in [-0.15, -0.1) is 0 Å². The Balaban J connectivity index is 1.70. The van der Waals surface area contributed by atoms with Crippen LogP contribution in [-0.2, 0) is 13.1 Å². The van der Waals surface area contributed by atoms with Crippen molar-refractivity contribution in [2.24, 2.45) is 0 Å². The number of hydrogen-bond donors (Lipinski definition) is 0. The number of para-hydroxylation sites is 2. The maximum absolute atomic E-state index is 4.96. The van der Waals surface area contributed by atoms with Crippen molar-refractivity contribution in [3.8, 4) is 0 Å². The molecule has 1 aliphatic rings. The predicted molar refractivity (Wildman–Crippen MR) is 84.3 cm³/mol. The molecular formula is C17H20N4O. The number of aromatic nitrogens is 3. The smallest absolute Gasteiger partial charge is 0.127 e. The lowest BCUT2D eigenvalue weighted by Crippen LogP contribution is -2.25.